The van der Waals surface area contributed by atoms with E-state index >= 15 is 0 Å². The second-order valence-corrected chi connectivity index (χ2v) is 8.19. The van der Waals surface area contributed by atoms with Gasteiger partial charge in [-0.15, -0.1) is 4.40 Å². The molecule has 11 heteroatoms. The van der Waals surface area contributed by atoms with Gasteiger partial charge in [-0.05, 0) is 30.4 Å². The Balaban J connectivity index is 1.58. The molecule has 0 unspecified atom stereocenters. The first-order valence-corrected chi connectivity index (χ1v) is 10.0. The van der Waals surface area contributed by atoms with Gasteiger partial charge in [-0.25, -0.2) is 13.2 Å². The number of amides is 1. The van der Waals surface area contributed by atoms with Crippen molar-refractivity contribution < 1.29 is 22.7 Å². The fraction of sp³-hybridized carbons (Fsp3) is 0.188. The Kier molecular flexibility index (Phi) is 5.54. The quantitative estimate of drug-likeness (QED) is 0.733. The topological polar surface area (TPSA) is 105 Å². The predicted molar refractivity (Wildman–Crippen MR) is 101 cm³/mol. The van der Waals surface area contributed by atoms with Crippen LogP contribution in [0.5, 0.6) is 0 Å². The number of esters is 1. The largest absolute Gasteiger partial charge is 0.452 e. The number of halogens is 2. The third-order valence-corrected chi connectivity index (χ3v) is 5.32. The maximum Gasteiger partial charge on any atom is 0.340 e. The summed E-state index contributed by atoms with van der Waals surface area (Å²) in [5.74, 6) is -1.23. The van der Waals surface area contributed by atoms with Gasteiger partial charge >= 0.3 is 5.97 Å². The molecule has 1 amide bonds. The Morgan fingerprint density at radius 2 is 2.04 bits per heavy atom. The zero-order valence-electron chi connectivity index (χ0n) is 13.7. The van der Waals surface area contributed by atoms with Crippen molar-refractivity contribution in [3.05, 3.63) is 52.2 Å². The average Bonchev–Trinajstić information content (AvgIpc) is 2.61. The summed E-state index contributed by atoms with van der Waals surface area (Å²) in [7, 11) is -3.47. The third-order valence-electron chi connectivity index (χ3n) is 3.60. The molecule has 2 heterocycles. The maximum absolute atomic E-state index is 12.1. The summed E-state index contributed by atoms with van der Waals surface area (Å²) in [5, 5.41) is 3.19. The van der Waals surface area contributed by atoms with Gasteiger partial charge in [0.1, 0.15) is 5.84 Å². The molecule has 0 aliphatic carbocycles. The van der Waals surface area contributed by atoms with Crippen LogP contribution in [0.1, 0.15) is 0 Å². The highest BCUT2D eigenvalue weighted by Gasteiger charge is 2.25. The summed E-state index contributed by atoms with van der Waals surface area (Å²) in [6, 6.07) is 4.58. The van der Waals surface area contributed by atoms with Gasteiger partial charge in [0, 0.05) is 17.8 Å². The lowest BCUT2D eigenvalue weighted by molar-refractivity contribution is -0.143. The second kappa shape index (κ2) is 7.71. The van der Waals surface area contributed by atoms with Gasteiger partial charge in [0.05, 0.1) is 22.0 Å². The fourth-order valence-electron chi connectivity index (χ4n) is 2.32. The van der Waals surface area contributed by atoms with E-state index in [0.717, 1.165) is 0 Å². The zero-order chi connectivity index (χ0) is 19.6. The van der Waals surface area contributed by atoms with Gasteiger partial charge in [0.25, 0.3) is 15.9 Å². The minimum atomic E-state index is -3.47. The van der Waals surface area contributed by atoms with Crippen LogP contribution in [0.4, 0.5) is 5.69 Å². The van der Waals surface area contributed by atoms with Gasteiger partial charge in [-0.3, -0.25) is 4.79 Å². The number of rotatable bonds is 4. The Bertz CT molecular complexity index is 1000. The first-order chi connectivity index (χ1) is 12.7. The van der Waals surface area contributed by atoms with E-state index in [2.05, 4.69) is 9.71 Å². The molecule has 0 fully saturated rings. The molecule has 0 saturated carbocycles. The first kappa shape index (κ1) is 19.4. The van der Waals surface area contributed by atoms with E-state index in [1.165, 1.54) is 35.4 Å². The van der Waals surface area contributed by atoms with E-state index in [1.54, 1.807) is 6.07 Å². The molecule has 2 aliphatic rings. The number of hydrogen-bond acceptors (Lipinski definition) is 6. The number of sulfonamides is 1. The van der Waals surface area contributed by atoms with Gasteiger partial charge in [0.15, 0.2) is 6.61 Å². The zero-order valence-corrected chi connectivity index (χ0v) is 16.0. The van der Waals surface area contributed by atoms with Gasteiger partial charge in [-0.2, -0.15) is 0 Å². The number of nitrogens with one attached hydrogen (secondary N) is 1. The van der Waals surface area contributed by atoms with Crippen molar-refractivity contribution in [1.29, 1.82) is 0 Å². The molecule has 1 N–H and O–H groups in total. The van der Waals surface area contributed by atoms with E-state index in [9.17, 15) is 18.0 Å². The summed E-state index contributed by atoms with van der Waals surface area (Å²) in [4.78, 5) is 25.6. The Hall–Kier alpha value is -2.36. The fourth-order valence-corrected chi connectivity index (χ4v) is 3.62. The standard InChI is InChI=1S/C16H13Cl2N3O5S/c17-11-2-3-12(18)13(7-11)19-15(22)9-26-16(23)10-1-4-14-20-27(24,25)6-5-21(14)8-10/h1-4,7-8H,5-6,9H2,(H,19,22). The number of carbonyl (C=O) groups is 2. The number of nitrogens with zero attached hydrogens (tertiary/aromatic N) is 2. The van der Waals surface area contributed by atoms with Crippen molar-refractivity contribution in [2.24, 2.45) is 4.40 Å². The molecular weight excluding hydrogens is 417 g/mol. The smallest absolute Gasteiger partial charge is 0.340 e. The molecule has 142 valence electrons. The molecule has 8 nitrogen and oxygen atoms in total. The summed E-state index contributed by atoms with van der Waals surface area (Å²) < 4.78 is 31.5. The van der Waals surface area contributed by atoms with Crippen LogP contribution in [0.3, 0.4) is 0 Å². The highest BCUT2D eigenvalue weighted by molar-refractivity contribution is 7.90. The normalized spacial score (nSPS) is 17.5. The lowest BCUT2D eigenvalue weighted by Gasteiger charge is -2.26. The number of hydrogen-bond donors (Lipinski definition) is 1. The van der Waals surface area contributed by atoms with Crippen molar-refractivity contribution in [3.63, 3.8) is 0 Å². The first-order valence-electron chi connectivity index (χ1n) is 7.65. The third kappa shape index (κ3) is 4.88. The molecular formula is C16H13Cl2N3O5S. The van der Waals surface area contributed by atoms with E-state index < -0.39 is 28.5 Å². The van der Waals surface area contributed by atoms with E-state index in [1.807, 2.05) is 0 Å². The Morgan fingerprint density at radius 3 is 2.81 bits per heavy atom. The van der Waals surface area contributed by atoms with Crippen molar-refractivity contribution >= 4 is 56.6 Å². The summed E-state index contributed by atoms with van der Waals surface area (Å²) in [6.07, 6.45) is 4.21. The van der Waals surface area contributed by atoms with E-state index in [4.69, 9.17) is 27.9 Å². The van der Waals surface area contributed by atoms with Crippen LogP contribution < -0.4 is 5.32 Å². The van der Waals surface area contributed by atoms with Crippen LogP contribution >= 0.6 is 23.2 Å². The number of anilines is 1. The highest BCUT2D eigenvalue weighted by Crippen LogP contribution is 2.25. The summed E-state index contributed by atoms with van der Waals surface area (Å²) in [6.45, 7) is -0.349. The molecule has 0 atom stereocenters. The molecule has 0 spiro atoms. The van der Waals surface area contributed by atoms with Crippen molar-refractivity contribution in [1.82, 2.24) is 4.90 Å². The molecule has 0 saturated heterocycles. The van der Waals surface area contributed by atoms with Crippen LogP contribution in [0.15, 0.2) is 46.5 Å². The molecule has 0 bridgehead atoms. The number of carbonyl (C=O) groups excluding carboxylic acids is 2. The molecule has 1 aromatic carbocycles. The Labute approximate surface area is 165 Å². The lowest BCUT2D eigenvalue weighted by atomic mass is 10.2. The molecule has 0 aromatic heterocycles. The second-order valence-electron chi connectivity index (χ2n) is 5.60. The number of benzene rings is 1. The minimum absolute atomic E-state index is 0.147. The van der Waals surface area contributed by atoms with E-state index in [-0.39, 0.29) is 23.7 Å². The minimum Gasteiger partial charge on any atom is -0.452 e. The maximum atomic E-state index is 12.1. The molecule has 27 heavy (non-hydrogen) atoms. The van der Waals surface area contributed by atoms with Gasteiger partial charge in [0.2, 0.25) is 0 Å². The van der Waals surface area contributed by atoms with Gasteiger partial charge in [-0.1, -0.05) is 23.2 Å². The molecule has 3 rings (SSSR count). The number of fused-ring (bicyclic) bond motifs is 1. The van der Waals surface area contributed by atoms with Crippen molar-refractivity contribution in [2.75, 3.05) is 24.2 Å². The average molecular weight is 430 g/mol. The van der Waals surface area contributed by atoms with Gasteiger partial charge < -0.3 is 15.0 Å². The van der Waals surface area contributed by atoms with Crippen molar-refractivity contribution in [2.45, 2.75) is 0 Å². The monoisotopic (exact) mass is 429 g/mol. The van der Waals surface area contributed by atoms with E-state index in [0.29, 0.717) is 15.7 Å². The number of ether oxygens (including phenoxy) is 1. The van der Waals surface area contributed by atoms with Crippen LogP contribution in [0, 0.1) is 0 Å². The number of amidine groups is 1. The predicted octanol–water partition coefficient (Wildman–Crippen LogP) is 1.97. The summed E-state index contributed by atoms with van der Waals surface area (Å²) >= 11 is 11.8. The molecule has 0 radical (unpaired) electrons. The van der Waals surface area contributed by atoms with Crippen LogP contribution in [-0.2, 0) is 24.3 Å². The van der Waals surface area contributed by atoms with Crippen LogP contribution in [0.2, 0.25) is 10.0 Å². The summed E-state index contributed by atoms with van der Waals surface area (Å²) in [5.41, 5.74) is 0.471. The van der Waals surface area contributed by atoms with Crippen molar-refractivity contribution in [3.8, 4) is 0 Å². The Morgan fingerprint density at radius 1 is 1.26 bits per heavy atom. The SMILES string of the molecule is O=C(COC(=O)C1=CN2CCS(=O)(=O)N=C2C=C1)Nc1cc(Cl)ccc1Cl. The molecule has 2 aliphatic heterocycles. The van der Waals surface area contributed by atoms with Crippen LogP contribution in [0.25, 0.3) is 0 Å². The molecule has 1 aromatic rings. The van der Waals surface area contributed by atoms with Crippen LogP contribution in [-0.4, -0.2) is 49.9 Å². The lowest BCUT2D eigenvalue weighted by Crippen LogP contribution is -2.37. The highest BCUT2D eigenvalue weighted by atomic mass is 35.5.